The van der Waals surface area contributed by atoms with E-state index in [2.05, 4.69) is 15.5 Å². The summed E-state index contributed by atoms with van der Waals surface area (Å²) in [6, 6.07) is 8.55. The van der Waals surface area contributed by atoms with Crippen molar-refractivity contribution in [2.24, 2.45) is 0 Å². The van der Waals surface area contributed by atoms with Gasteiger partial charge in [0.25, 0.3) is 11.8 Å². The minimum atomic E-state index is -1.04. The summed E-state index contributed by atoms with van der Waals surface area (Å²) in [4.78, 5) is 38.3. The quantitative estimate of drug-likeness (QED) is 0.379. The average molecular weight is 505 g/mol. The number of hydrogen-bond donors (Lipinski definition) is 4. The van der Waals surface area contributed by atoms with Gasteiger partial charge in [-0.1, -0.05) is 11.6 Å². The molecule has 0 bridgehead atoms. The summed E-state index contributed by atoms with van der Waals surface area (Å²) < 4.78 is 10.9. The number of anilines is 1. The molecule has 0 radical (unpaired) electrons. The number of ether oxygens (including phenoxy) is 2. The zero-order valence-corrected chi connectivity index (χ0v) is 20.3. The zero-order valence-electron chi connectivity index (χ0n) is 19.5. The third-order valence-electron chi connectivity index (χ3n) is 5.93. The monoisotopic (exact) mass is 504 g/mol. The van der Waals surface area contributed by atoms with Crippen molar-refractivity contribution in [3.63, 3.8) is 0 Å². The largest absolute Gasteiger partial charge is 0.496 e. The highest BCUT2D eigenvalue weighted by atomic mass is 35.5. The minimum Gasteiger partial charge on any atom is -0.496 e. The Kier molecular flexibility index (Phi) is 8.91. The molecule has 188 valence electrons. The molecule has 2 aromatic carbocycles. The van der Waals surface area contributed by atoms with Gasteiger partial charge in [-0.3, -0.25) is 14.5 Å². The van der Waals surface area contributed by atoms with Crippen molar-refractivity contribution in [2.75, 3.05) is 46.1 Å². The Balaban J connectivity index is 1.51. The SMILES string of the molecule is COc1cc(N)c(Cl)cc1C(=O)NC1CCN(CCNC(=O)c2ccc(C(=O)O)cc2)CC1OC. The molecule has 1 fully saturated rings. The number of nitrogen functional groups attached to an aromatic ring is 1. The number of likely N-dealkylation sites (tertiary alicyclic amines) is 1. The Hall–Kier alpha value is -3.34. The van der Waals surface area contributed by atoms with Crippen LogP contribution < -0.4 is 21.1 Å². The fourth-order valence-corrected chi connectivity index (χ4v) is 4.11. The van der Waals surface area contributed by atoms with E-state index in [9.17, 15) is 14.4 Å². The van der Waals surface area contributed by atoms with Crippen molar-refractivity contribution in [1.29, 1.82) is 0 Å². The highest BCUT2D eigenvalue weighted by Gasteiger charge is 2.31. The summed E-state index contributed by atoms with van der Waals surface area (Å²) in [5.41, 5.74) is 6.94. The number of methoxy groups -OCH3 is 2. The Morgan fingerprint density at radius 3 is 2.46 bits per heavy atom. The van der Waals surface area contributed by atoms with Gasteiger partial charge in [0, 0.05) is 44.9 Å². The lowest BCUT2D eigenvalue weighted by Crippen LogP contribution is -2.55. The molecule has 10 nitrogen and oxygen atoms in total. The van der Waals surface area contributed by atoms with Gasteiger partial charge in [-0.05, 0) is 36.8 Å². The van der Waals surface area contributed by atoms with Crippen LogP contribution in [0.5, 0.6) is 5.75 Å². The van der Waals surface area contributed by atoms with E-state index in [1.165, 1.54) is 43.5 Å². The molecule has 0 aliphatic carbocycles. The maximum Gasteiger partial charge on any atom is 0.335 e. The molecular formula is C24H29ClN4O6. The second kappa shape index (κ2) is 11.9. The van der Waals surface area contributed by atoms with E-state index in [4.69, 9.17) is 31.9 Å². The topological polar surface area (TPSA) is 143 Å². The van der Waals surface area contributed by atoms with E-state index in [1.54, 1.807) is 7.11 Å². The summed E-state index contributed by atoms with van der Waals surface area (Å²) in [7, 11) is 3.05. The summed E-state index contributed by atoms with van der Waals surface area (Å²) in [6.45, 7) is 2.28. The van der Waals surface area contributed by atoms with Crippen LogP contribution in [0.25, 0.3) is 0 Å². The maximum absolute atomic E-state index is 12.9. The van der Waals surface area contributed by atoms with Gasteiger partial charge in [0.15, 0.2) is 0 Å². The lowest BCUT2D eigenvalue weighted by Gasteiger charge is -2.38. The van der Waals surface area contributed by atoms with E-state index >= 15 is 0 Å². The molecule has 0 saturated carbocycles. The Labute approximate surface area is 208 Å². The number of carbonyl (C=O) groups is 3. The summed E-state index contributed by atoms with van der Waals surface area (Å²) in [5.74, 6) is -1.31. The summed E-state index contributed by atoms with van der Waals surface area (Å²) in [6.07, 6.45) is 0.405. The number of nitrogens with zero attached hydrogens (tertiary/aromatic N) is 1. The number of nitrogens with two attached hydrogens (primary N) is 1. The van der Waals surface area contributed by atoms with Crippen molar-refractivity contribution in [3.8, 4) is 5.75 Å². The fraction of sp³-hybridized carbons (Fsp3) is 0.375. The highest BCUT2D eigenvalue weighted by molar-refractivity contribution is 6.33. The van der Waals surface area contributed by atoms with Crippen LogP contribution in [0.1, 0.15) is 37.5 Å². The fourth-order valence-electron chi connectivity index (χ4n) is 3.94. The van der Waals surface area contributed by atoms with Crippen LogP contribution in [-0.4, -0.2) is 80.3 Å². The first-order valence-corrected chi connectivity index (χ1v) is 11.4. The third kappa shape index (κ3) is 6.62. The molecule has 1 saturated heterocycles. The van der Waals surface area contributed by atoms with Gasteiger partial charge in [0.1, 0.15) is 5.75 Å². The number of hydrogen-bond acceptors (Lipinski definition) is 7. The number of piperidine rings is 1. The number of nitrogens with one attached hydrogen (secondary N) is 2. The van der Waals surface area contributed by atoms with Crippen LogP contribution in [0, 0.1) is 0 Å². The first kappa shape index (κ1) is 26.3. The predicted octanol–water partition coefficient (Wildman–Crippen LogP) is 1.88. The molecule has 2 aromatic rings. The van der Waals surface area contributed by atoms with Crippen LogP contribution in [0.4, 0.5) is 5.69 Å². The van der Waals surface area contributed by atoms with Crippen LogP contribution >= 0.6 is 11.6 Å². The molecule has 2 unspecified atom stereocenters. The van der Waals surface area contributed by atoms with E-state index in [1.807, 2.05) is 0 Å². The van der Waals surface area contributed by atoms with E-state index in [-0.39, 0.29) is 34.5 Å². The second-order valence-corrected chi connectivity index (χ2v) is 8.56. The number of rotatable bonds is 9. The van der Waals surface area contributed by atoms with E-state index in [0.29, 0.717) is 55.2 Å². The Bertz CT molecular complexity index is 1080. The normalized spacial score (nSPS) is 18.0. The number of benzene rings is 2. The van der Waals surface area contributed by atoms with E-state index < -0.39 is 5.97 Å². The first-order valence-electron chi connectivity index (χ1n) is 11.0. The van der Waals surface area contributed by atoms with Crippen molar-refractivity contribution >= 4 is 35.1 Å². The van der Waals surface area contributed by atoms with Crippen molar-refractivity contribution < 1.29 is 29.0 Å². The molecule has 2 amide bonds. The van der Waals surface area contributed by atoms with Gasteiger partial charge in [-0.15, -0.1) is 0 Å². The smallest absolute Gasteiger partial charge is 0.335 e. The molecule has 0 aromatic heterocycles. The second-order valence-electron chi connectivity index (χ2n) is 8.16. The van der Waals surface area contributed by atoms with Crippen molar-refractivity contribution in [2.45, 2.75) is 18.6 Å². The van der Waals surface area contributed by atoms with Crippen LogP contribution in [-0.2, 0) is 4.74 Å². The first-order chi connectivity index (χ1) is 16.7. The molecule has 0 spiro atoms. The van der Waals surface area contributed by atoms with Gasteiger partial charge in [0.05, 0.1) is 41.1 Å². The average Bonchev–Trinajstić information content (AvgIpc) is 2.85. The van der Waals surface area contributed by atoms with Crippen LogP contribution in [0.15, 0.2) is 36.4 Å². The van der Waals surface area contributed by atoms with Gasteiger partial charge in [-0.25, -0.2) is 4.79 Å². The zero-order chi connectivity index (χ0) is 25.5. The Morgan fingerprint density at radius 2 is 1.83 bits per heavy atom. The number of amides is 2. The highest BCUT2D eigenvalue weighted by Crippen LogP contribution is 2.29. The van der Waals surface area contributed by atoms with Crippen LogP contribution in [0.2, 0.25) is 5.02 Å². The van der Waals surface area contributed by atoms with Crippen LogP contribution in [0.3, 0.4) is 0 Å². The van der Waals surface area contributed by atoms with Crippen molar-refractivity contribution in [3.05, 3.63) is 58.1 Å². The minimum absolute atomic E-state index is 0.125. The molecule has 5 N–H and O–H groups in total. The molecular weight excluding hydrogens is 476 g/mol. The summed E-state index contributed by atoms with van der Waals surface area (Å²) >= 11 is 6.09. The number of carboxylic acids is 1. The lowest BCUT2D eigenvalue weighted by atomic mass is 10.0. The molecule has 11 heteroatoms. The van der Waals surface area contributed by atoms with Gasteiger partial charge < -0.3 is 30.9 Å². The lowest BCUT2D eigenvalue weighted by molar-refractivity contribution is 0.00682. The molecule has 1 heterocycles. The number of carboxylic acid groups (broad SMARTS) is 1. The maximum atomic E-state index is 12.9. The third-order valence-corrected chi connectivity index (χ3v) is 6.26. The van der Waals surface area contributed by atoms with Gasteiger partial charge in [-0.2, -0.15) is 0 Å². The number of halogens is 1. The molecule has 35 heavy (non-hydrogen) atoms. The molecule has 2 atom stereocenters. The Morgan fingerprint density at radius 1 is 1.14 bits per heavy atom. The predicted molar refractivity (Wildman–Crippen MR) is 131 cm³/mol. The summed E-state index contributed by atoms with van der Waals surface area (Å²) in [5, 5.41) is 15.1. The molecule has 1 aliphatic heterocycles. The van der Waals surface area contributed by atoms with Crippen molar-refractivity contribution in [1.82, 2.24) is 15.5 Å². The van der Waals surface area contributed by atoms with Gasteiger partial charge in [0.2, 0.25) is 0 Å². The standard InChI is InChI=1S/C24H29ClN4O6/c1-34-20-12-18(26)17(25)11-16(20)23(31)28-19-7-9-29(13-21(19)35-2)10-8-27-22(30)14-3-5-15(6-4-14)24(32)33/h3-6,11-12,19,21H,7-10,13,26H2,1-2H3,(H,27,30)(H,28,31)(H,32,33). The molecule has 1 aliphatic rings. The van der Waals surface area contributed by atoms with E-state index in [0.717, 1.165) is 0 Å². The van der Waals surface area contributed by atoms with Gasteiger partial charge >= 0.3 is 5.97 Å². The number of carbonyl (C=O) groups excluding carboxylic acids is 2. The molecule has 3 rings (SSSR count). The number of aromatic carboxylic acids is 1.